The summed E-state index contributed by atoms with van der Waals surface area (Å²) in [5.74, 6) is 3.27. The van der Waals surface area contributed by atoms with Crippen LogP contribution in [0.15, 0.2) is 59.8 Å². The van der Waals surface area contributed by atoms with Crippen molar-refractivity contribution in [3.8, 4) is 22.9 Å². The number of thioether (sulfide) groups is 1. The average Bonchev–Trinajstić information content (AvgIpc) is 3.14. The third-order valence-electron chi connectivity index (χ3n) is 3.39. The molecule has 1 heterocycles. The minimum Gasteiger partial charge on any atom is -0.494 e. The Morgan fingerprint density at radius 1 is 0.920 bits per heavy atom. The molecule has 0 aliphatic carbocycles. The van der Waals surface area contributed by atoms with E-state index in [0.29, 0.717) is 6.61 Å². The zero-order valence-corrected chi connectivity index (χ0v) is 15.0. The molecule has 1 N–H and O–H groups in total. The van der Waals surface area contributed by atoms with Gasteiger partial charge >= 0.3 is 0 Å². The second kappa shape index (κ2) is 9.13. The molecule has 0 saturated carbocycles. The molecule has 0 unspecified atom stereocenters. The summed E-state index contributed by atoms with van der Waals surface area (Å²) in [5.41, 5.74) is 1.03. The fraction of sp³-hybridized carbons (Fsp3) is 0.263. The maximum Gasteiger partial charge on any atom is 0.208 e. The van der Waals surface area contributed by atoms with E-state index in [0.717, 1.165) is 46.8 Å². The van der Waals surface area contributed by atoms with Crippen molar-refractivity contribution in [1.29, 1.82) is 0 Å². The molecule has 2 aromatic carbocycles. The van der Waals surface area contributed by atoms with Crippen LogP contribution in [0.2, 0.25) is 0 Å². The summed E-state index contributed by atoms with van der Waals surface area (Å²) in [6, 6.07) is 17.7. The Labute approximate surface area is 151 Å². The lowest BCUT2D eigenvalue weighted by molar-refractivity contribution is 0.314. The van der Waals surface area contributed by atoms with E-state index in [1.54, 1.807) is 11.8 Å². The number of rotatable bonds is 9. The Bertz CT molecular complexity index is 760. The van der Waals surface area contributed by atoms with Crippen LogP contribution in [0.3, 0.4) is 0 Å². The normalized spacial score (nSPS) is 10.6. The first-order valence-electron chi connectivity index (χ1n) is 8.31. The summed E-state index contributed by atoms with van der Waals surface area (Å²) in [6.07, 6.45) is 1.00. The van der Waals surface area contributed by atoms with Crippen LogP contribution >= 0.6 is 11.8 Å². The number of H-pyrrole nitrogens is 1. The molecule has 5 nitrogen and oxygen atoms in total. The quantitative estimate of drug-likeness (QED) is 0.454. The molecule has 0 fully saturated rings. The van der Waals surface area contributed by atoms with Gasteiger partial charge in [-0.2, -0.15) is 0 Å². The molecule has 0 radical (unpaired) electrons. The van der Waals surface area contributed by atoms with Crippen molar-refractivity contribution in [1.82, 2.24) is 15.2 Å². The highest BCUT2D eigenvalue weighted by atomic mass is 32.2. The number of benzene rings is 2. The highest BCUT2D eigenvalue weighted by molar-refractivity contribution is 7.99. The second-order valence-electron chi connectivity index (χ2n) is 5.35. The maximum atomic E-state index is 5.74. The highest BCUT2D eigenvalue weighted by Gasteiger charge is 2.05. The van der Waals surface area contributed by atoms with Gasteiger partial charge in [0.05, 0.1) is 13.2 Å². The Morgan fingerprint density at radius 2 is 1.60 bits per heavy atom. The maximum absolute atomic E-state index is 5.74. The molecule has 0 saturated heterocycles. The third-order valence-corrected chi connectivity index (χ3v) is 4.20. The van der Waals surface area contributed by atoms with Gasteiger partial charge in [0.15, 0.2) is 5.82 Å². The van der Waals surface area contributed by atoms with Gasteiger partial charge < -0.3 is 9.47 Å². The molecule has 0 aliphatic rings. The lowest BCUT2D eigenvalue weighted by atomic mass is 10.2. The molecule has 3 rings (SSSR count). The molecule has 0 amide bonds. The predicted octanol–water partition coefficient (Wildman–Crippen LogP) is 4.43. The summed E-state index contributed by atoms with van der Waals surface area (Å²) in [6.45, 7) is 3.42. The number of ether oxygens (including phenoxy) is 2. The minimum absolute atomic E-state index is 0.592. The first-order chi connectivity index (χ1) is 12.3. The molecule has 6 heteroatoms. The number of hydrogen-bond acceptors (Lipinski definition) is 5. The fourth-order valence-corrected chi connectivity index (χ4v) is 2.80. The largest absolute Gasteiger partial charge is 0.494 e. The van der Waals surface area contributed by atoms with Gasteiger partial charge in [0.25, 0.3) is 0 Å². The van der Waals surface area contributed by atoms with Crippen molar-refractivity contribution in [3.63, 3.8) is 0 Å². The number of aromatic nitrogens is 3. The first kappa shape index (κ1) is 17.4. The summed E-state index contributed by atoms with van der Waals surface area (Å²) in [4.78, 5) is 4.49. The van der Waals surface area contributed by atoms with Crippen molar-refractivity contribution in [2.75, 3.05) is 19.0 Å². The summed E-state index contributed by atoms with van der Waals surface area (Å²) in [5, 5.41) is 7.93. The predicted molar refractivity (Wildman–Crippen MR) is 100 cm³/mol. The molecular weight excluding hydrogens is 334 g/mol. The van der Waals surface area contributed by atoms with E-state index in [9.17, 15) is 0 Å². The first-order valence-corrected chi connectivity index (χ1v) is 9.30. The van der Waals surface area contributed by atoms with Crippen LogP contribution in [0.1, 0.15) is 13.3 Å². The van der Waals surface area contributed by atoms with Crippen LogP contribution in [0.5, 0.6) is 11.5 Å². The standard InChI is InChI=1S/C19H21N3O2S/c1-2-12-23-16-8-10-17(11-9-16)24-13-14-25-19-20-18(21-22-19)15-6-4-3-5-7-15/h3-11H,2,12-14H2,1H3,(H,20,21,22). The minimum atomic E-state index is 0.592. The third kappa shape index (κ3) is 5.26. The molecular formula is C19H21N3O2S. The van der Waals surface area contributed by atoms with E-state index >= 15 is 0 Å². The number of nitrogens with zero attached hydrogens (tertiary/aromatic N) is 2. The van der Waals surface area contributed by atoms with Crippen LogP contribution in [-0.4, -0.2) is 34.1 Å². The average molecular weight is 355 g/mol. The van der Waals surface area contributed by atoms with Crippen LogP contribution in [0.4, 0.5) is 0 Å². The van der Waals surface area contributed by atoms with E-state index in [2.05, 4.69) is 22.1 Å². The van der Waals surface area contributed by atoms with Crippen LogP contribution in [0, 0.1) is 0 Å². The molecule has 1 aromatic heterocycles. The Hall–Kier alpha value is -2.47. The zero-order chi connectivity index (χ0) is 17.3. The van der Waals surface area contributed by atoms with E-state index in [1.807, 2.05) is 54.6 Å². The highest BCUT2D eigenvalue weighted by Crippen LogP contribution is 2.20. The van der Waals surface area contributed by atoms with Crippen molar-refractivity contribution in [2.45, 2.75) is 18.5 Å². The molecule has 130 valence electrons. The number of hydrogen-bond donors (Lipinski definition) is 1. The van der Waals surface area contributed by atoms with Crippen LogP contribution < -0.4 is 9.47 Å². The van der Waals surface area contributed by atoms with Crippen LogP contribution in [-0.2, 0) is 0 Å². The van der Waals surface area contributed by atoms with E-state index in [4.69, 9.17) is 9.47 Å². The van der Waals surface area contributed by atoms with Gasteiger partial charge in [-0.25, -0.2) is 4.98 Å². The molecule has 0 atom stereocenters. The fourth-order valence-electron chi connectivity index (χ4n) is 2.18. The molecule has 0 bridgehead atoms. The Morgan fingerprint density at radius 3 is 2.28 bits per heavy atom. The second-order valence-corrected chi connectivity index (χ2v) is 6.41. The Balaban J connectivity index is 1.42. The van der Waals surface area contributed by atoms with E-state index in [-0.39, 0.29) is 0 Å². The van der Waals surface area contributed by atoms with Gasteiger partial charge in [0, 0.05) is 11.3 Å². The number of nitrogens with one attached hydrogen (secondary N) is 1. The van der Waals surface area contributed by atoms with Crippen LogP contribution in [0.25, 0.3) is 11.4 Å². The molecule has 0 spiro atoms. The zero-order valence-electron chi connectivity index (χ0n) is 14.1. The van der Waals surface area contributed by atoms with Gasteiger partial charge in [-0.1, -0.05) is 49.0 Å². The van der Waals surface area contributed by atoms with Gasteiger partial charge in [-0.3, -0.25) is 5.10 Å². The molecule has 25 heavy (non-hydrogen) atoms. The molecule has 0 aliphatic heterocycles. The lowest BCUT2D eigenvalue weighted by Crippen LogP contribution is -2.00. The van der Waals surface area contributed by atoms with Gasteiger partial charge in [0.2, 0.25) is 5.16 Å². The summed E-state index contributed by atoms with van der Waals surface area (Å²) in [7, 11) is 0. The van der Waals surface area contributed by atoms with Crippen molar-refractivity contribution in [3.05, 3.63) is 54.6 Å². The van der Waals surface area contributed by atoms with Crippen molar-refractivity contribution < 1.29 is 9.47 Å². The molecule has 3 aromatic rings. The Kier molecular flexibility index (Phi) is 6.34. The van der Waals surface area contributed by atoms with Crippen molar-refractivity contribution in [2.24, 2.45) is 0 Å². The van der Waals surface area contributed by atoms with Gasteiger partial charge in [0.1, 0.15) is 11.5 Å². The van der Waals surface area contributed by atoms with E-state index < -0.39 is 0 Å². The van der Waals surface area contributed by atoms with Gasteiger partial charge in [-0.05, 0) is 30.7 Å². The smallest absolute Gasteiger partial charge is 0.208 e. The SMILES string of the molecule is CCCOc1ccc(OCCSc2n[nH]c(-c3ccccc3)n2)cc1. The summed E-state index contributed by atoms with van der Waals surface area (Å²) < 4.78 is 11.3. The van der Waals surface area contributed by atoms with Gasteiger partial charge in [-0.15, -0.1) is 5.10 Å². The lowest BCUT2D eigenvalue weighted by Gasteiger charge is -2.07. The number of aromatic amines is 1. The monoisotopic (exact) mass is 355 g/mol. The van der Waals surface area contributed by atoms with E-state index in [1.165, 1.54) is 0 Å². The topological polar surface area (TPSA) is 60.0 Å². The van der Waals surface area contributed by atoms with Crippen molar-refractivity contribution >= 4 is 11.8 Å². The summed E-state index contributed by atoms with van der Waals surface area (Å²) >= 11 is 1.57.